The van der Waals surface area contributed by atoms with Gasteiger partial charge < -0.3 is 19.4 Å². The summed E-state index contributed by atoms with van der Waals surface area (Å²) >= 11 is 0. The second-order valence-electron chi connectivity index (χ2n) is 19.7. The fourth-order valence-corrected chi connectivity index (χ4v) is 8.31. The number of carbonyl (C=O) groups excluding carboxylic acids is 2. The van der Waals surface area contributed by atoms with E-state index in [1.54, 1.807) is 0 Å². The third kappa shape index (κ3) is 48.5. The van der Waals surface area contributed by atoms with Gasteiger partial charge in [0.25, 0.3) is 0 Å². The van der Waals surface area contributed by atoms with Crippen LogP contribution in [0, 0.1) is 0 Å². The van der Waals surface area contributed by atoms with Crippen molar-refractivity contribution in [3.8, 4) is 0 Å². The molecule has 0 aromatic rings. The normalized spacial score (nSPS) is 14.4. The van der Waals surface area contributed by atoms with Gasteiger partial charge in [-0.1, -0.05) is 197 Å². The fourth-order valence-electron chi connectivity index (χ4n) is 7.57. The highest BCUT2D eigenvalue weighted by atomic mass is 31.2. The van der Waals surface area contributed by atoms with Crippen LogP contribution in [-0.4, -0.2) is 74.3 Å². The SMILES string of the molecule is CC/C=C/C/C=C/C/C=C/CCCCCCC(=O)OC(/C=C/CCCCCCCCCCC)C(COP(=O)(O)OCC[N+](C)(C)C)NC(=O)CCCCCCCCC/C=C\C/C=C\CCCCC. The molecule has 0 aliphatic rings. The maximum absolute atomic E-state index is 13.5. The number of phosphoric acid groups is 1. The van der Waals surface area contributed by atoms with Crippen molar-refractivity contribution in [1.82, 2.24) is 5.32 Å². The molecule has 0 aliphatic heterocycles. The van der Waals surface area contributed by atoms with Gasteiger partial charge in [-0.3, -0.25) is 18.6 Å². The Labute approximate surface area is 419 Å². The minimum absolute atomic E-state index is 0.0321. The zero-order valence-electron chi connectivity index (χ0n) is 44.8. The van der Waals surface area contributed by atoms with E-state index >= 15 is 0 Å². The average molecular weight is 974 g/mol. The summed E-state index contributed by atoms with van der Waals surface area (Å²) in [5.41, 5.74) is 0. The first-order valence-corrected chi connectivity index (χ1v) is 29.3. The molecule has 0 bridgehead atoms. The van der Waals surface area contributed by atoms with E-state index in [2.05, 4.69) is 86.8 Å². The lowest BCUT2D eigenvalue weighted by atomic mass is 10.1. The number of nitrogens with one attached hydrogen (secondary N) is 1. The maximum Gasteiger partial charge on any atom is 0.472 e. The van der Waals surface area contributed by atoms with E-state index in [0.717, 1.165) is 103 Å². The number of allylic oxidation sites excluding steroid dienone is 11. The topological polar surface area (TPSA) is 111 Å². The summed E-state index contributed by atoms with van der Waals surface area (Å²) in [5.74, 6) is -0.544. The van der Waals surface area contributed by atoms with Gasteiger partial charge in [0.2, 0.25) is 5.91 Å². The lowest BCUT2D eigenvalue weighted by molar-refractivity contribution is -0.870. The van der Waals surface area contributed by atoms with Crippen LogP contribution in [0.5, 0.6) is 0 Å². The molecule has 0 saturated heterocycles. The van der Waals surface area contributed by atoms with Crippen molar-refractivity contribution in [2.24, 2.45) is 0 Å². The summed E-state index contributed by atoms with van der Waals surface area (Å²) in [6, 6.07) is -0.862. The quantitative estimate of drug-likeness (QED) is 0.0205. The minimum Gasteiger partial charge on any atom is -0.456 e. The number of esters is 1. The zero-order valence-corrected chi connectivity index (χ0v) is 45.7. The van der Waals surface area contributed by atoms with Crippen LogP contribution in [0.1, 0.15) is 233 Å². The lowest BCUT2D eigenvalue weighted by Gasteiger charge is -2.27. The number of rotatable bonds is 49. The number of likely N-dealkylation sites (N-methyl/N-ethyl adjacent to an activating group) is 1. The third-order valence-electron chi connectivity index (χ3n) is 11.9. The summed E-state index contributed by atoms with van der Waals surface area (Å²) in [4.78, 5) is 37.5. The highest BCUT2D eigenvalue weighted by Gasteiger charge is 2.30. The molecule has 3 unspecified atom stereocenters. The number of ether oxygens (including phenoxy) is 1. The van der Waals surface area contributed by atoms with E-state index in [9.17, 15) is 19.0 Å². The molecule has 1 amide bonds. The van der Waals surface area contributed by atoms with Gasteiger partial charge in [0.15, 0.2) is 0 Å². The molecule has 0 heterocycles. The Morgan fingerprint density at radius 3 is 1.44 bits per heavy atom. The molecule has 0 radical (unpaired) electrons. The van der Waals surface area contributed by atoms with Crippen LogP contribution in [0.25, 0.3) is 0 Å². The van der Waals surface area contributed by atoms with Gasteiger partial charge in [-0.25, -0.2) is 4.57 Å². The van der Waals surface area contributed by atoms with Crippen molar-refractivity contribution < 1.29 is 37.3 Å². The number of quaternary nitrogens is 1. The Hall–Kier alpha value is -2.55. The largest absolute Gasteiger partial charge is 0.472 e. The number of phosphoric ester groups is 1. The second kappa shape index (κ2) is 48.1. The maximum atomic E-state index is 13.5. The second-order valence-corrected chi connectivity index (χ2v) is 21.2. The summed E-state index contributed by atoms with van der Waals surface area (Å²) in [5, 5.41) is 3.03. The van der Waals surface area contributed by atoms with Gasteiger partial charge in [0, 0.05) is 12.8 Å². The van der Waals surface area contributed by atoms with Crippen molar-refractivity contribution in [3.63, 3.8) is 0 Å². The molecule has 394 valence electrons. The van der Waals surface area contributed by atoms with Gasteiger partial charge >= 0.3 is 13.8 Å². The van der Waals surface area contributed by atoms with E-state index in [0.29, 0.717) is 23.9 Å². The molecular formula is C58H106N2O7P+. The highest BCUT2D eigenvalue weighted by molar-refractivity contribution is 7.47. The predicted molar refractivity (Wildman–Crippen MR) is 291 cm³/mol. The lowest BCUT2D eigenvalue weighted by Crippen LogP contribution is -2.47. The van der Waals surface area contributed by atoms with Gasteiger partial charge in [0.1, 0.15) is 19.3 Å². The molecular weight excluding hydrogens is 868 g/mol. The van der Waals surface area contributed by atoms with Crippen molar-refractivity contribution in [3.05, 3.63) is 72.9 Å². The van der Waals surface area contributed by atoms with Crippen molar-refractivity contribution >= 4 is 19.7 Å². The predicted octanol–water partition coefficient (Wildman–Crippen LogP) is 16.5. The summed E-state index contributed by atoms with van der Waals surface area (Å²) in [6.07, 6.45) is 60.4. The van der Waals surface area contributed by atoms with Crippen LogP contribution in [0.2, 0.25) is 0 Å². The number of nitrogens with zero attached hydrogens (tertiary/aromatic N) is 1. The molecule has 0 aliphatic carbocycles. The minimum atomic E-state index is -4.45. The van der Waals surface area contributed by atoms with E-state index in [1.807, 2.05) is 33.3 Å². The third-order valence-corrected chi connectivity index (χ3v) is 12.9. The van der Waals surface area contributed by atoms with Crippen LogP contribution in [0.4, 0.5) is 0 Å². The van der Waals surface area contributed by atoms with E-state index in [1.165, 1.54) is 89.9 Å². The molecule has 3 atom stereocenters. The van der Waals surface area contributed by atoms with Gasteiger partial charge in [0.05, 0.1) is 33.8 Å². The van der Waals surface area contributed by atoms with E-state index in [4.69, 9.17) is 13.8 Å². The molecule has 2 N–H and O–H groups in total. The molecule has 0 aromatic carbocycles. The zero-order chi connectivity index (χ0) is 50.1. The standard InChI is InChI=1S/C58H105N2O7P/c1-7-10-13-16-19-22-25-27-29-30-31-32-35-38-41-44-47-50-57(61)59-55(54-66-68(63,64)65-53-52-60(4,5)6)56(49-46-43-40-37-34-24-21-18-15-12-9-3)67-58(62)51-48-45-42-39-36-33-28-26-23-20-17-14-11-8-2/h11,14,19-20,22-23,27-29,33,46,49,55-56H,7-10,12-13,15-18,21,24-26,30-32,34-45,47-48,50-54H2,1-6H3,(H-,59,61,63,64)/p+1/b14-11+,22-19-,23-20+,29-27-,33-28+,49-46+. The molecule has 68 heavy (non-hydrogen) atoms. The summed E-state index contributed by atoms with van der Waals surface area (Å²) < 4.78 is 30.5. The van der Waals surface area contributed by atoms with Crippen LogP contribution < -0.4 is 5.32 Å². The Kier molecular flexibility index (Phi) is 46.3. The Morgan fingerprint density at radius 1 is 0.529 bits per heavy atom. The highest BCUT2D eigenvalue weighted by Crippen LogP contribution is 2.43. The molecule has 9 nitrogen and oxygen atoms in total. The molecule has 0 aromatic heterocycles. The van der Waals surface area contributed by atoms with Crippen LogP contribution in [-0.2, 0) is 27.9 Å². The summed E-state index contributed by atoms with van der Waals surface area (Å²) in [7, 11) is 1.47. The van der Waals surface area contributed by atoms with Crippen molar-refractivity contribution in [2.75, 3.05) is 40.9 Å². The Bertz CT molecular complexity index is 1400. The van der Waals surface area contributed by atoms with E-state index < -0.39 is 20.0 Å². The average Bonchev–Trinajstić information content (AvgIpc) is 3.29. The smallest absolute Gasteiger partial charge is 0.456 e. The first-order chi connectivity index (χ1) is 32.9. The fraction of sp³-hybridized carbons (Fsp3) is 0.759. The molecule has 0 saturated carbocycles. The molecule has 0 rings (SSSR count). The number of carbonyl (C=O) groups is 2. The molecule has 0 fully saturated rings. The van der Waals surface area contributed by atoms with Gasteiger partial charge in [-0.15, -0.1) is 0 Å². The van der Waals surface area contributed by atoms with Crippen LogP contribution in [0.15, 0.2) is 72.9 Å². The Balaban J connectivity index is 5.39. The molecule has 0 spiro atoms. The van der Waals surface area contributed by atoms with Crippen molar-refractivity contribution in [2.45, 2.75) is 245 Å². The monoisotopic (exact) mass is 974 g/mol. The first kappa shape index (κ1) is 65.5. The Morgan fingerprint density at radius 2 is 0.941 bits per heavy atom. The number of unbranched alkanes of at least 4 members (excludes halogenated alkanes) is 23. The van der Waals surface area contributed by atoms with Crippen LogP contribution in [0.3, 0.4) is 0 Å². The van der Waals surface area contributed by atoms with E-state index in [-0.39, 0.29) is 31.5 Å². The van der Waals surface area contributed by atoms with Crippen LogP contribution >= 0.6 is 7.82 Å². The first-order valence-electron chi connectivity index (χ1n) is 27.8. The van der Waals surface area contributed by atoms with Gasteiger partial charge in [-0.05, 0) is 96.0 Å². The number of hydrogen-bond donors (Lipinski definition) is 2. The van der Waals surface area contributed by atoms with Crippen molar-refractivity contribution in [1.29, 1.82) is 0 Å². The number of hydrogen-bond acceptors (Lipinski definition) is 6. The molecule has 10 heteroatoms. The number of amides is 1. The summed E-state index contributed by atoms with van der Waals surface area (Å²) in [6.45, 7) is 6.83. The van der Waals surface area contributed by atoms with Gasteiger partial charge in [-0.2, -0.15) is 0 Å².